The van der Waals surface area contributed by atoms with Crippen LogP contribution in [0, 0.1) is 0 Å². The molecule has 3 rings (SSSR count). The van der Waals surface area contributed by atoms with E-state index in [1.54, 1.807) is 24.2 Å². The van der Waals surface area contributed by atoms with Gasteiger partial charge < -0.3 is 19.5 Å². The molecular weight excluding hydrogens is 428 g/mol. The van der Waals surface area contributed by atoms with Gasteiger partial charge in [0.15, 0.2) is 0 Å². The molecule has 0 fully saturated rings. The van der Waals surface area contributed by atoms with Gasteiger partial charge in [-0.1, -0.05) is 36.4 Å². The number of carbonyl (C=O) groups excluding carboxylic acids is 2. The van der Waals surface area contributed by atoms with E-state index in [1.165, 1.54) is 0 Å². The van der Waals surface area contributed by atoms with Crippen molar-refractivity contribution in [2.24, 2.45) is 0 Å². The summed E-state index contributed by atoms with van der Waals surface area (Å²) in [5.74, 6) is 1.55. The summed E-state index contributed by atoms with van der Waals surface area (Å²) in [5, 5.41) is 2.97. The lowest BCUT2D eigenvalue weighted by molar-refractivity contribution is -0.130. The summed E-state index contributed by atoms with van der Waals surface area (Å²) in [6, 6.07) is 15.3. The highest BCUT2D eigenvalue weighted by Crippen LogP contribution is 2.18. The molecule has 178 valence electrons. The Hall–Kier alpha value is -3.87. The zero-order chi connectivity index (χ0) is 24.3. The summed E-state index contributed by atoms with van der Waals surface area (Å²) in [5.41, 5.74) is 2.71. The number of rotatable bonds is 13. The van der Waals surface area contributed by atoms with Crippen LogP contribution in [0.15, 0.2) is 73.8 Å². The summed E-state index contributed by atoms with van der Waals surface area (Å²) in [7, 11) is 1.62. The average Bonchev–Trinajstić information content (AvgIpc) is 3.19. The molecule has 2 aromatic carbocycles. The van der Waals surface area contributed by atoms with Crippen LogP contribution in [0.3, 0.4) is 0 Å². The molecule has 0 aliphatic heterocycles. The van der Waals surface area contributed by atoms with E-state index in [-0.39, 0.29) is 18.4 Å². The number of aromatic nitrogens is 2. The van der Waals surface area contributed by atoms with Crippen molar-refractivity contribution in [3.63, 3.8) is 0 Å². The number of imidazole rings is 1. The summed E-state index contributed by atoms with van der Waals surface area (Å²) in [4.78, 5) is 31.7. The second-order valence-electron chi connectivity index (χ2n) is 7.96. The van der Waals surface area contributed by atoms with Crippen LogP contribution in [0.5, 0.6) is 5.75 Å². The van der Waals surface area contributed by atoms with Crippen LogP contribution in [0.2, 0.25) is 0 Å². The van der Waals surface area contributed by atoms with Crippen molar-refractivity contribution >= 4 is 22.8 Å². The minimum Gasteiger partial charge on any atom is -0.497 e. The number of aryl methyl sites for hydroxylation is 1. The second kappa shape index (κ2) is 12.4. The topological polar surface area (TPSA) is 76.5 Å². The SMILES string of the molecule is C=CCN(CC=C)C(=O)Cn1c(CCCNC(=O)Cc2ccc(OC)cc2)nc2ccccc21. The molecule has 3 aromatic rings. The number of para-hydroxylation sites is 2. The lowest BCUT2D eigenvalue weighted by atomic mass is 10.1. The van der Waals surface area contributed by atoms with E-state index in [0.29, 0.717) is 32.5 Å². The molecule has 7 heteroatoms. The Morgan fingerprint density at radius 1 is 1.09 bits per heavy atom. The van der Waals surface area contributed by atoms with Crippen LogP contribution < -0.4 is 10.1 Å². The molecule has 7 nitrogen and oxygen atoms in total. The summed E-state index contributed by atoms with van der Waals surface area (Å²) >= 11 is 0. The highest BCUT2D eigenvalue weighted by Gasteiger charge is 2.17. The lowest BCUT2D eigenvalue weighted by Crippen LogP contribution is -2.34. The normalized spacial score (nSPS) is 10.6. The number of benzene rings is 2. The first-order valence-electron chi connectivity index (χ1n) is 11.4. The zero-order valence-corrected chi connectivity index (χ0v) is 19.7. The van der Waals surface area contributed by atoms with E-state index in [2.05, 4.69) is 18.5 Å². The number of nitrogens with zero attached hydrogens (tertiary/aromatic N) is 3. The number of hydrogen-bond donors (Lipinski definition) is 1. The first kappa shape index (κ1) is 24.8. The quantitative estimate of drug-likeness (QED) is 0.313. The minimum absolute atomic E-state index is 0.0167. The van der Waals surface area contributed by atoms with Gasteiger partial charge in [0.1, 0.15) is 18.1 Å². The molecule has 1 N–H and O–H groups in total. The Labute approximate surface area is 200 Å². The van der Waals surface area contributed by atoms with Gasteiger partial charge in [-0.15, -0.1) is 13.2 Å². The molecule has 0 unspecified atom stereocenters. The van der Waals surface area contributed by atoms with Crippen LogP contribution in [0.4, 0.5) is 0 Å². The third-order valence-corrected chi connectivity index (χ3v) is 5.50. The number of amides is 2. The average molecular weight is 461 g/mol. The Balaban J connectivity index is 1.60. The van der Waals surface area contributed by atoms with Gasteiger partial charge in [0.25, 0.3) is 0 Å². The van der Waals surface area contributed by atoms with E-state index in [1.807, 2.05) is 53.1 Å². The van der Waals surface area contributed by atoms with Gasteiger partial charge in [-0.3, -0.25) is 9.59 Å². The predicted molar refractivity (Wildman–Crippen MR) is 135 cm³/mol. The van der Waals surface area contributed by atoms with Crippen molar-refractivity contribution in [1.82, 2.24) is 19.8 Å². The van der Waals surface area contributed by atoms with E-state index in [9.17, 15) is 9.59 Å². The Morgan fingerprint density at radius 2 is 1.79 bits per heavy atom. The van der Waals surface area contributed by atoms with Gasteiger partial charge in [0, 0.05) is 26.1 Å². The van der Waals surface area contributed by atoms with Gasteiger partial charge >= 0.3 is 0 Å². The fraction of sp³-hybridized carbons (Fsp3) is 0.296. The standard InChI is InChI=1S/C27H32N4O3/c1-4-17-30(18-5-2)27(33)20-31-24-10-7-6-9-23(24)29-25(31)11-8-16-28-26(32)19-21-12-14-22(34-3)15-13-21/h4-7,9-10,12-15H,1-2,8,11,16-20H2,3H3,(H,28,32). The molecule has 2 amide bonds. The molecule has 1 heterocycles. The predicted octanol–water partition coefficient (Wildman–Crippen LogP) is 3.54. The van der Waals surface area contributed by atoms with E-state index < -0.39 is 0 Å². The Kier molecular flexibility index (Phi) is 9.03. The van der Waals surface area contributed by atoms with E-state index >= 15 is 0 Å². The number of carbonyl (C=O) groups is 2. The van der Waals surface area contributed by atoms with Crippen molar-refractivity contribution in [3.05, 3.63) is 85.2 Å². The van der Waals surface area contributed by atoms with Crippen molar-refractivity contribution in [1.29, 1.82) is 0 Å². The maximum absolute atomic E-state index is 12.9. The van der Waals surface area contributed by atoms with Crippen molar-refractivity contribution in [2.75, 3.05) is 26.7 Å². The second-order valence-corrected chi connectivity index (χ2v) is 7.96. The van der Waals surface area contributed by atoms with Gasteiger partial charge in [0.05, 0.1) is 24.6 Å². The van der Waals surface area contributed by atoms with Crippen molar-refractivity contribution in [2.45, 2.75) is 25.8 Å². The maximum atomic E-state index is 12.9. The molecule has 0 radical (unpaired) electrons. The summed E-state index contributed by atoms with van der Waals surface area (Å²) in [6.07, 6.45) is 5.11. The molecule has 0 saturated heterocycles. The first-order valence-corrected chi connectivity index (χ1v) is 11.4. The smallest absolute Gasteiger partial charge is 0.243 e. The molecule has 1 aromatic heterocycles. The van der Waals surface area contributed by atoms with Gasteiger partial charge in [-0.05, 0) is 36.2 Å². The van der Waals surface area contributed by atoms with Crippen LogP contribution in [-0.4, -0.2) is 53.0 Å². The molecule has 0 bridgehead atoms. The highest BCUT2D eigenvalue weighted by atomic mass is 16.5. The number of fused-ring (bicyclic) bond motifs is 1. The Morgan fingerprint density at radius 3 is 2.47 bits per heavy atom. The van der Waals surface area contributed by atoms with Crippen LogP contribution in [0.1, 0.15) is 17.8 Å². The molecule has 0 saturated carbocycles. The Bertz CT molecular complexity index is 1120. The minimum atomic E-state index is -0.0293. The fourth-order valence-electron chi connectivity index (χ4n) is 3.78. The molecule has 0 atom stereocenters. The number of ether oxygens (including phenoxy) is 1. The molecule has 0 aliphatic carbocycles. The van der Waals surface area contributed by atoms with E-state index in [0.717, 1.165) is 34.6 Å². The summed E-state index contributed by atoms with van der Waals surface area (Å²) in [6.45, 7) is 9.14. The van der Waals surface area contributed by atoms with Crippen LogP contribution in [-0.2, 0) is 29.0 Å². The van der Waals surface area contributed by atoms with Gasteiger partial charge in [-0.25, -0.2) is 4.98 Å². The fourth-order valence-corrected chi connectivity index (χ4v) is 3.78. The first-order chi connectivity index (χ1) is 16.5. The number of hydrogen-bond acceptors (Lipinski definition) is 4. The molecular formula is C27H32N4O3. The van der Waals surface area contributed by atoms with Gasteiger partial charge in [0.2, 0.25) is 11.8 Å². The monoisotopic (exact) mass is 460 g/mol. The largest absolute Gasteiger partial charge is 0.497 e. The maximum Gasteiger partial charge on any atom is 0.243 e. The third kappa shape index (κ3) is 6.57. The van der Waals surface area contributed by atoms with E-state index in [4.69, 9.17) is 9.72 Å². The van der Waals surface area contributed by atoms with Crippen LogP contribution >= 0.6 is 0 Å². The zero-order valence-electron chi connectivity index (χ0n) is 19.7. The van der Waals surface area contributed by atoms with Gasteiger partial charge in [-0.2, -0.15) is 0 Å². The number of nitrogens with one attached hydrogen (secondary N) is 1. The van der Waals surface area contributed by atoms with Crippen LogP contribution in [0.25, 0.3) is 11.0 Å². The molecule has 0 aliphatic rings. The molecule has 0 spiro atoms. The molecule has 34 heavy (non-hydrogen) atoms. The lowest BCUT2D eigenvalue weighted by Gasteiger charge is -2.20. The third-order valence-electron chi connectivity index (χ3n) is 5.50. The van der Waals surface area contributed by atoms with Crippen molar-refractivity contribution in [3.8, 4) is 5.75 Å². The highest BCUT2D eigenvalue weighted by molar-refractivity contribution is 5.81. The van der Waals surface area contributed by atoms with Crippen molar-refractivity contribution < 1.29 is 14.3 Å². The number of methoxy groups -OCH3 is 1. The summed E-state index contributed by atoms with van der Waals surface area (Å²) < 4.78 is 7.12.